The van der Waals surface area contributed by atoms with Gasteiger partial charge in [0, 0.05) is 25.3 Å². The first kappa shape index (κ1) is 15.8. The van der Waals surface area contributed by atoms with Gasteiger partial charge in [-0.1, -0.05) is 0 Å². The van der Waals surface area contributed by atoms with Crippen LogP contribution in [-0.4, -0.2) is 54.7 Å². The number of carbonyl (C=O) groups is 1. The summed E-state index contributed by atoms with van der Waals surface area (Å²) in [7, 11) is 0. The molecule has 2 rings (SSSR count). The Hall–Kier alpha value is -1.63. The molecule has 1 aromatic rings. The number of aromatic carboxylic acids is 1. The van der Waals surface area contributed by atoms with E-state index in [4.69, 9.17) is 14.6 Å². The quantitative estimate of drug-likeness (QED) is 0.648. The van der Waals surface area contributed by atoms with Gasteiger partial charge in [0.05, 0.1) is 12.2 Å². The Kier molecular flexibility index (Phi) is 5.55. The number of rotatable bonds is 7. The van der Waals surface area contributed by atoms with Crippen LogP contribution in [0.5, 0.6) is 5.75 Å². The highest BCUT2D eigenvalue weighted by atomic mass is 16.5. The molecule has 1 aliphatic heterocycles. The molecule has 116 valence electrons. The van der Waals surface area contributed by atoms with Crippen LogP contribution in [0, 0.1) is 0 Å². The molecule has 1 heterocycles. The molecule has 0 spiro atoms. The van der Waals surface area contributed by atoms with Crippen LogP contribution in [0.4, 0.5) is 0 Å². The van der Waals surface area contributed by atoms with E-state index in [-0.39, 0.29) is 17.7 Å². The molecule has 21 heavy (non-hydrogen) atoms. The van der Waals surface area contributed by atoms with Gasteiger partial charge in [-0.15, -0.1) is 0 Å². The summed E-state index contributed by atoms with van der Waals surface area (Å²) in [5.41, 5.74) is -0.0312. The van der Waals surface area contributed by atoms with Crippen molar-refractivity contribution < 1.29 is 24.5 Å². The SMILES string of the molecule is O=C(O)c1ccc(OCCNC2(CO)CCOCC2)cc1. The number of nitrogens with one attached hydrogen (secondary N) is 1. The fourth-order valence-electron chi connectivity index (χ4n) is 2.33. The number of ether oxygens (including phenoxy) is 2. The summed E-state index contributed by atoms with van der Waals surface area (Å²) in [6, 6.07) is 6.30. The minimum absolute atomic E-state index is 0.0870. The van der Waals surface area contributed by atoms with Gasteiger partial charge in [0.2, 0.25) is 0 Å². The highest BCUT2D eigenvalue weighted by molar-refractivity contribution is 5.87. The molecule has 1 saturated heterocycles. The van der Waals surface area contributed by atoms with E-state index in [2.05, 4.69) is 5.32 Å². The van der Waals surface area contributed by atoms with Crippen LogP contribution in [-0.2, 0) is 4.74 Å². The Morgan fingerprint density at radius 1 is 1.29 bits per heavy atom. The Balaban J connectivity index is 1.74. The van der Waals surface area contributed by atoms with Gasteiger partial charge in [0.15, 0.2) is 0 Å². The second kappa shape index (κ2) is 7.40. The van der Waals surface area contributed by atoms with E-state index < -0.39 is 5.97 Å². The summed E-state index contributed by atoms with van der Waals surface area (Å²) in [5.74, 6) is -0.320. The van der Waals surface area contributed by atoms with Gasteiger partial charge in [-0.25, -0.2) is 4.79 Å². The molecule has 1 fully saturated rings. The van der Waals surface area contributed by atoms with E-state index >= 15 is 0 Å². The summed E-state index contributed by atoms with van der Waals surface area (Å²) in [4.78, 5) is 10.7. The zero-order valence-corrected chi connectivity index (χ0v) is 11.9. The predicted octanol–water partition coefficient (Wildman–Crippen LogP) is 0.895. The number of benzene rings is 1. The van der Waals surface area contributed by atoms with E-state index in [0.29, 0.717) is 32.1 Å². The van der Waals surface area contributed by atoms with E-state index in [1.54, 1.807) is 12.1 Å². The Bertz CT molecular complexity index is 454. The van der Waals surface area contributed by atoms with Gasteiger partial charge < -0.3 is 25.0 Å². The molecular weight excluding hydrogens is 274 g/mol. The third-order valence-electron chi connectivity index (χ3n) is 3.72. The standard InChI is InChI=1S/C15H21NO5/c17-11-15(5-8-20-9-6-15)16-7-10-21-13-3-1-12(2-4-13)14(18)19/h1-4,16-17H,5-11H2,(H,18,19). The number of hydrogen-bond donors (Lipinski definition) is 3. The number of carboxylic acid groups (broad SMARTS) is 1. The number of aliphatic hydroxyl groups is 1. The molecule has 0 saturated carbocycles. The largest absolute Gasteiger partial charge is 0.492 e. The minimum Gasteiger partial charge on any atom is -0.492 e. The summed E-state index contributed by atoms with van der Waals surface area (Å²) < 4.78 is 10.9. The van der Waals surface area contributed by atoms with Gasteiger partial charge >= 0.3 is 5.97 Å². The Morgan fingerprint density at radius 3 is 2.52 bits per heavy atom. The summed E-state index contributed by atoms with van der Waals surface area (Å²) >= 11 is 0. The smallest absolute Gasteiger partial charge is 0.335 e. The van der Waals surface area contributed by atoms with Crippen molar-refractivity contribution in [2.45, 2.75) is 18.4 Å². The molecule has 0 aliphatic carbocycles. The van der Waals surface area contributed by atoms with Gasteiger partial charge in [0.25, 0.3) is 0 Å². The summed E-state index contributed by atoms with van der Waals surface area (Å²) in [6.07, 6.45) is 1.58. The number of aliphatic hydroxyl groups excluding tert-OH is 1. The van der Waals surface area contributed by atoms with E-state index in [9.17, 15) is 9.90 Å². The molecule has 0 bridgehead atoms. The van der Waals surface area contributed by atoms with Gasteiger partial charge in [-0.2, -0.15) is 0 Å². The van der Waals surface area contributed by atoms with Crippen molar-refractivity contribution in [1.29, 1.82) is 0 Å². The minimum atomic E-state index is -0.951. The van der Waals surface area contributed by atoms with Crippen molar-refractivity contribution in [3.8, 4) is 5.75 Å². The fourth-order valence-corrected chi connectivity index (χ4v) is 2.33. The predicted molar refractivity (Wildman–Crippen MR) is 76.8 cm³/mol. The van der Waals surface area contributed by atoms with Crippen molar-refractivity contribution in [3.05, 3.63) is 29.8 Å². The first-order chi connectivity index (χ1) is 10.2. The zero-order chi connectivity index (χ0) is 15.1. The van der Waals surface area contributed by atoms with Gasteiger partial charge in [-0.3, -0.25) is 0 Å². The highest BCUT2D eigenvalue weighted by Gasteiger charge is 2.30. The molecule has 3 N–H and O–H groups in total. The molecule has 6 nitrogen and oxygen atoms in total. The van der Waals surface area contributed by atoms with Gasteiger partial charge in [0.1, 0.15) is 12.4 Å². The van der Waals surface area contributed by atoms with Crippen molar-refractivity contribution in [2.75, 3.05) is 33.0 Å². The Labute approximate surface area is 123 Å². The second-order valence-corrected chi connectivity index (χ2v) is 5.16. The lowest BCUT2D eigenvalue weighted by molar-refractivity contribution is 0.0108. The van der Waals surface area contributed by atoms with Crippen LogP contribution >= 0.6 is 0 Å². The van der Waals surface area contributed by atoms with Crippen LogP contribution in [0.25, 0.3) is 0 Å². The molecule has 0 aromatic heterocycles. The Morgan fingerprint density at radius 2 is 1.95 bits per heavy atom. The molecule has 0 atom stereocenters. The molecule has 1 aromatic carbocycles. The van der Waals surface area contributed by atoms with Gasteiger partial charge in [-0.05, 0) is 37.1 Å². The van der Waals surface area contributed by atoms with Crippen LogP contribution in [0.3, 0.4) is 0 Å². The average Bonchev–Trinajstić information content (AvgIpc) is 2.53. The first-order valence-electron chi connectivity index (χ1n) is 7.05. The van der Waals surface area contributed by atoms with Crippen molar-refractivity contribution in [2.24, 2.45) is 0 Å². The first-order valence-corrected chi connectivity index (χ1v) is 7.05. The molecule has 0 amide bonds. The molecule has 0 radical (unpaired) electrons. The third kappa shape index (κ3) is 4.42. The fraction of sp³-hybridized carbons (Fsp3) is 0.533. The third-order valence-corrected chi connectivity index (χ3v) is 3.72. The highest BCUT2D eigenvalue weighted by Crippen LogP contribution is 2.19. The molecular formula is C15H21NO5. The normalized spacial score (nSPS) is 17.4. The maximum atomic E-state index is 10.7. The lowest BCUT2D eigenvalue weighted by Crippen LogP contribution is -2.53. The lowest BCUT2D eigenvalue weighted by atomic mass is 9.91. The van der Waals surface area contributed by atoms with E-state index in [1.165, 1.54) is 12.1 Å². The monoisotopic (exact) mass is 295 g/mol. The summed E-state index contributed by atoms with van der Waals surface area (Å²) in [5, 5.41) is 21.7. The second-order valence-electron chi connectivity index (χ2n) is 5.16. The number of carboxylic acids is 1. The van der Waals surface area contributed by atoms with Crippen LogP contribution in [0.2, 0.25) is 0 Å². The maximum Gasteiger partial charge on any atom is 0.335 e. The number of hydrogen-bond acceptors (Lipinski definition) is 5. The van der Waals surface area contributed by atoms with Crippen LogP contribution in [0.1, 0.15) is 23.2 Å². The summed E-state index contributed by atoms with van der Waals surface area (Å²) in [6.45, 7) is 2.47. The van der Waals surface area contributed by atoms with Crippen molar-refractivity contribution >= 4 is 5.97 Å². The van der Waals surface area contributed by atoms with Crippen LogP contribution < -0.4 is 10.1 Å². The van der Waals surface area contributed by atoms with E-state index in [1.807, 2.05) is 0 Å². The zero-order valence-electron chi connectivity index (χ0n) is 11.9. The molecule has 6 heteroatoms. The van der Waals surface area contributed by atoms with E-state index in [0.717, 1.165) is 12.8 Å². The molecule has 0 unspecified atom stereocenters. The van der Waals surface area contributed by atoms with Crippen molar-refractivity contribution in [3.63, 3.8) is 0 Å². The lowest BCUT2D eigenvalue weighted by Gasteiger charge is -2.36. The van der Waals surface area contributed by atoms with Crippen LogP contribution in [0.15, 0.2) is 24.3 Å². The maximum absolute atomic E-state index is 10.7. The molecule has 1 aliphatic rings. The van der Waals surface area contributed by atoms with Crippen molar-refractivity contribution in [1.82, 2.24) is 5.32 Å². The topological polar surface area (TPSA) is 88.0 Å². The average molecular weight is 295 g/mol.